The third-order valence-corrected chi connectivity index (χ3v) is 1.22. The third-order valence-electron chi connectivity index (χ3n) is 0.407. The van der Waals surface area contributed by atoms with Gasteiger partial charge in [0.15, 0.2) is 0 Å². The van der Waals surface area contributed by atoms with Gasteiger partial charge in [0.05, 0.1) is 0 Å². The molecule has 0 aromatic carbocycles. The molecule has 0 fully saturated rings. The second kappa shape index (κ2) is 9.01. The van der Waals surface area contributed by atoms with E-state index in [1.807, 2.05) is 6.92 Å². The van der Waals surface area contributed by atoms with Crippen LogP contribution < -0.4 is 0 Å². The van der Waals surface area contributed by atoms with Crippen LogP contribution in [0.2, 0.25) is 5.28 Å². The zero-order valence-electron chi connectivity index (χ0n) is 4.40. The molecule has 0 aromatic rings. The molecular formula is C4H10AlO. The molecule has 0 rings (SSSR count). The minimum atomic E-state index is -0.464. The van der Waals surface area contributed by atoms with Crippen molar-refractivity contribution in [3.8, 4) is 0 Å². The Balaban J connectivity index is 0. The van der Waals surface area contributed by atoms with Crippen molar-refractivity contribution in [2.75, 3.05) is 0 Å². The van der Waals surface area contributed by atoms with Gasteiger partial charge in [-0.2, -0.15) is 0 Å². The van der Waals surface area contributed by atoms with Crippen molar-refractivity contribution < 1.29 is 3.80 Å². The minimum Gasteiger partial charge on any atom is -0.0683 e. The van der Waals surface area contributed by atoms with Crippen LogP contribution in [0.5, 0.6) is 0 Å². The molecule has 0 spiro atoms. The van der Waals surface area contributed by atoms with Gasteiger partial charge in [-0.05, 0) is 0 Å². The summed E-state index contributed by atoms with van der Waals surface area (Å²) < 4.78 is 9.61. The van der Waals surface area contributed by atoms with E-state index in [0.29, 0.717) is 0 Å². The SMILES string of the molecule is CC[CH2][Al]=[O].[CH3]. The molecule has 0 saturated carbocycles. The summed E-state index contributed by atoms with van der Waals surface area (Å²) >= 11 is -0.464. The quantitative estimate of drug-likeness (QED) is 0.479. The Morgan fingerprint density at radius 2 is 2.17 bits per heavy atom. The fourth-order valence-electron chi connectivity index (χ4n) is 0.118. The first-order valence-electron chi connectivity index (χ1n) is 1.85. The zero-order valence-corrected chi connectivity index (χ0v) is 5.55. The van der Waals surface area contributed by atoms with Crippen LogP contribution in [0.4, 0.5) is 0 Å². The second-order valence-electron chi connectivity index (χ2n) is 0.955. The van der Waals surface area contributed by atoms with Gasteiger partial charge >= 0.3 is 37.6 Å². The van der Waals surface area contributed by atoms with Gasteiger partial charge in [-0.15, -0.1) is 0 Å². The van der Waals surface area contributed by atoms with Crippen LogP contribution in [-0.4, -0.2) is 15.2 Å². The van der Waals surface area contributed by atoms with Gasteiger partial charge in [-0.25, -0.2) is 0 Å². The third kappa shape index (κ3) is 8.84. The van der Waals surface area contributed by atoms with E-state index in [1.165, 1.54) is 0 Å². The Hall–Kier alpha value is 0.332. The minimum absolute atomic E-state index is 0. The maximum absolute atomic E-state index is 9.61. The van der Waals surface area contributed by atoms with E-state index in [0.717, 1.165) is 11.7 Å². The molecule has 6 heavy (non-hydrogen) atoms. The van der Waals surface area contributed by atoms with Gasteiger partial charge < -0.3 is 0 Å². The topological polar surface area (TPSA) is 17.1 Å². The summed E-state index contributed by atoms with van der Waals surface area (Å²) in [6.45, 7) is 2.03. The van der Waals surface area contributed by atoms with Crippen LogP contribution in [0.25, 0.3) is 0 Å². The molecule has 0 unspecified atom stereocenters. The van der Waals surface area contributed by atoms with Crippen LogP contribution in [0.15, 0.2) is 0 Å². The molecule has 0 heterocycles. The van der Waals surface area contributed by atoms with Crippen molar-refractivity contribution in [1.29, 1.82) is 0 Å². The number of hydrogen-bond donors (Lipinski definition) is 0. The Kier molecular flexibility index (Phi) is 14.4. The smallest absolute Gasteiger partial charge is 0.0683 e. The van der Waals surface area contributed by atoms with Crippen LogP contribution in [-0.2, 0) is 3.80 Å². The van der Waals surface area contributed by atoms with E-state index in [1.54, 1.807) is 0 Å². The van der Waals surface area contributed by atoms with E-state index in [2.05, 4.69) is 0 Å². The maximum Gasteiger partial charge on any atom is -0.0683 e. The summed E-state index contributed by atoms with van der Waals surface area (Å²) in [6.07, 6.45) is 1.07. The molecule has 0 N–H and O–H groups in total. The largest absolute Gasteiger partial charge is 0.0683 e. The molecule has 1 radical (unpaired) electrons. The second-order valence-corrected chi connectivity index (χ2v) is 1.87. The van der Waals surface area contributed by atoms with Crippen LogP contribution in [0, 0.1) is 7.43 Å². The Bertz CT molecular complexity index is 28.7. The molecule has 35 valence electrons. The van der Waals surface area contributed by atoms with Gasteiger partial charge in [-0.1, -0.05) is 7.43 Å². The van der Waals surface area contributed by atoms with Crippen LogP contribution in [0.3, 0.4) is 0 Å². The van der Waals surface area contributed by atoms with E-state index in [-0.39, 0.29) is 7.43 Å². The molecule has 0 atom stereocenters. The summed E-state index contributed by atoms with van der Waals surface area (Å²) in [5.41, 5.74) is 0. The molecule has 2 heteroatoms. The monoisotopic (exact) mass is 101 g/mol. The Morgan fingerprint density at radius 3 is 2.17 bits per heavy atom. The molecule has 0 aromatic heterocycles. The molecular weight excluding hydrogens is 91.0 g/mol. The van der Waals surface area contributed by atoms with Crippen LogP contribution >= 0.6 is 0 Å². The Morgan fingerprint density at radius 1 is 1.67 bits per heavy atom. The van der Waals surface area contributed by atoms with E-state index < -0.39 is 15.2 Å². The molecule has 0 aliphatic carbocycles. The van der Waals surface area contributed by atoms with Crippen molar-refractivity contribution >= 4 is 15.2 Å². The maximum atomic E-state index is 9.61. The summed E-state index contributed by atoms with van der Waals surface area (Å²) in [4.78, 5) is 0. The molecule has 1 nitrogen and oxygen atoms in total. The molecule has 0 aliphatic heterocycles. The van der Waals surface area contributed by atoms with Gasteiger partial charge in [0.1, 0.15) is 0 Å². The standard InChI is InChI=1S/C3H7.CH3.Al.O/c1-3-2;;;/h1,3H2,2H3;1H3;;. The van der Waals surface area contributed by atoms with E-state index in [4.69, 9.17) is 0 Å². The van der Waals surface area contributed by atoms with Crippen molar-refractivity contribution in [2.45, 2.75) is 18.6 Å². The normalized spacial score (nSPS) is 5.50. The van der Waals surface area contributed by atoms with Gasteiger partial charge in [0.2, 0.25) is 0 Å². The summed E-state index contributed by atoms with van der Waals surface area (Å²) in [5.74, 6) is 0. The van der Waals surface area contributed by atoms with Crippen LogP contribution in [0.1, 0.15) is 13.3 Å². The fraction of sp³-hybridized carbons (Fsp3) is 0.750. The van der Waals surface area contributed by atoms with Crippen molar-refractivity contribution in [3.63, 3.8) is 0 Å². The van der Waals surface area contributed by atoms with Gasteiger partial charge in [0, 0.05) is 0 Å². The molecule has 0 bridgehead atoms. The zero-order chi connectivity index (χ0) is 4.12. The summed E-state index contributed by atoms with van der Waals surface area (Å²) in [5, 5.41) is 0.917. The molecule has 0 saturated heterocycles. The average molecular weight is 101 g/mol. The first-order chi connectivity index (χ1) is 2.41. The molecule has 0 aliphatic rings. The van der Waals surface area contributed by atoms with Gasteiger partial charge in [-0.3, -0.25) is 0 Å². The van der Waals surface area contributed by atoms with E-state index >= 15 is 0 Å². The first-order valence-corrected chi connectivity index (χ1v) is 3.14. The predicted octanol–water partition coefficient (Wildman–Crippen LogP) is 1.31. The van der Waals surface area contributed by atoms with E-state index in [9.17, 15) is 3.80 Å². The van der Waals surface area contributed by atoms with Crippen molar-refractivity contribution in [3.05, 3.63) is 7.43 Å². The average Bonchev–Trinajstić information content (AvgIpc) is 1.41. The Labute approximate surface area is 45.7 Å². The molecule has 0 amide bonds. The predicted molar refractivity (Wildman–Crippen MR) is 28.0 cm³/mol. The van der Waals surface area contributed by atoms with Gasteiger partial charge in [0.25, 0.3) is 0 Å². The van der Waals surface area contributed by atoms with Crippen molar-refractivity contribution in [1.82, 2.24) is 0 Å². The summed E-state index contributed by atoms with van der Waals surface area (Å²) in [6, 6.07) is 0. The number of hydrogen-bond acceptors (Lipinski definition) is 1. The fourth-order valence-corrected chi connectivity index (χ4v) is 0.354. The first kappa shape index (κ1) is 9.59. The summed E-state index contributed by atoms with van der Waals surface area (Å²) in [7, 11) is 0. The van der Waals surface area contributed by atoms with Crippen molar-refractivity contribution in [2.24, 2.45) is 0 Å². The number of rotatable bonds is 2.